The van der Waals surface area contributed by atoms with E-state index in [1.54, 1.807) is 0 Å². The Balaban J connectivity index is 0.000000184. The summed E-state index contributed by atoms with van der Waals surface area (Å²) in [6.07, 6.45) is 0.437. The molecular formula is C53H49IrN3O-2. The minimum absolute atomic E-state index is 0. The van der Waals surface area contributed by atoms with Gasteiger partial charge in [0.15, 0.2) is 0 Å². The molecule has 5 heteroatoms. The van der Waals surface area contributed by atoms with Gasteiger partial charge >= 0.3 is 0 Å². The quantitative estimate of drug-likeness (QED) is 0.150. The fraction of sp³-hybridized carbons (Fsp3) is 0.208. The number of rotatable bonds is 7. The first-order chi connectivity index (χ1) is 28.9. The summed E-state index contributed by atoms with van der Waals surface area (Å²) in [5, 5.41) is 2.15. The second kappa shape index (κ2) is 17.1. The molecule has 0 saturated heterocycles. The molecule has 0 aliphatic rings. The van der Waals surface area contributed by atoms with Crippen molar-refractivity contribution in [1.29, 1.82) is 0 Å². The molecule has 1 radical (unpaired) electrons. The van der Waals surface area contributed by atoms with Crippen molar-refractivity contribution in [3.05, 3.63) is 175 Å². The fourth-order valence-electron chi connectivity index (χ4n) is 7.33. The molecule has 0 fully saturated rings. The summed E-state index contributed by atoms with van der Waals surface area (Å²) in [5.74, 6) is -0.895. The number of imidazole rings is 1. The minimum atomic E-state index is -1.41. The van der Waals surface area contributed by atoms with Gasteiger partial charge in [-0.25, -0.2) is 0 Å². The number of para-hydroxylation sites is 4. The predicted molar refractivity (Wildman–Crippen MR) is 238 cm³/mol. The first-order valence-corrected chi connectivity index (χ1v) is 19.4. The summed E-state index contributed by atoms with van der Waals surface area (Å²) in [6, 6.07) is 52.0. The molecule has 0 aliphatic heterocycles. The van der Waals surface area contributed by atoms with Crippen molar-refractivity contribution in [1.82, 2.24) is 14.5 Å². The Bertz CT molecular complexity index is 2960. The van der Waals surface area contributed by atoms with E-state index in [2.05, 4.69) is 22.8 Å². The van der Waals surface area contributed by atoms with Crippen LogP contribution in [0.3, 0.4) is 0 Å². The van der Waals surface area contributed by atoms with Crippen molar-refractivity contribution < 1.29 is 30.0 Å². The molecule has 0 unspecified atom stereocenters. The van der Waals surface area contributed by atoms with Gasteiger partial charge in [0.1, 0.15) is 5.58 Å². The van der Waals surface area contributed by atoms with Crippen LogP contribution in [0.25, 0.3) is 72.4 Å². The van der Waals surface area contributed by atoms with Gasteiger partial charge in [-0.05, 0) is 75.3 Å². The molecule has 3 heterocycles. The average molecular weight is 940 g/mol. The zero-order valence-corrected chi connectivity index (χ0v) is 36.3. The number of benzene rings is 6. The summed E-state index contributed by atoms with van der Waals surface area (Å²) in [7, 11) is 0. The van der Waals surface area contributed by atoms with E-state index < -0.39 is 23.6 Å². The molecule has 58 heavy (non-hydrogen) atoms. The van der Waals surface area contributed by atoms with Crippen LogP contribution in [-0.2, 0) is 26.5 Å². The maximum atomic E-state index is 8.80. The van der Waals surface area contributed by atoms with Crippen LogP contribution in [0.15, 0.2) is 150 Å². The number of aromatic nitrogens is 3. The van der Waals surface area contributed by atoms with Gasteiger partial charge in [0.25, 0.3) is 0 Å². The summed E-state index contributed by atoms with van der Waals surface area (Å²) >= 11 is 0. The molecule has 4 nitrogen and oxygen atoms in total. The van der Waals surface area contributed by atoms with Gasteiger partial charge in [-0.2, -0.15) is 0 Å². The molecule has 0 saturated carbocycles. The standard InChI is InChI=1S/C28H24NO.C25H25N2.Ir/c1-28(2,3)17-19-11-13-20(14-12-19)21-15-16-25(29-18-21)24-9-6-8-23-22-7-4-5-10-26(22)30-27(23)24;1-17(2)20-13-10-14-21(18(3)4)24(20)27-23-16-9-8-15-22(23)26-25(27)19-11-6-5-7-12-19;/h4-8,10-16,18H,17H2,1-3H3;5-11,13-18H,1-4H3;/q2*-1;/i17D2;17D,18D;. The van der Waals surface area contributed by atoms with Crippen LogP contribution in [0.4, 0.5) is 0 Å². The molecule has 9 aromatic rings. The van der Waals surface area contributed by atoms with E-state index in [0.29, 0.717) is 5.56 Å². The van der Waals surface area contributed by atoms with E-state index in [-0.39, 0.29) is 20.1 Å². The molecule has 0 bridgehead atoms. The van der Waals surface area contributed by atoms with Gasteiger partial charge in [-0.1, -0.05) is 144 Å². The van der Waals surface area contributed by atoms with Crippen LogP contribution in [0, 0.1) is 17.5 Å². The number of pyridine rings is 1. The third-order valence-corrected chi connectivity index (χ3v) is 9.94. The largest absolute Gasteiger partial charge is 0.501 e. The number of nitrogens with zero attached hydrogens (tertiary/aromatic N) is 3. The summed E-state index contributed by atoms with van der Waals surface area (Å²) in [5.41, 5.74) is 10.8. The first kappa shape index (κ1) is 35.5. The summed E-state index contributed by atoms with van der Waals surface area (Å²) < 4.78 is 42.8. The topological polar surface area (TPSA) is 43.9 Å². The van der Waals surface area contributed by atoms with Crippen molar-refractivity contribution in [2.24, 2.45) is 5.41 Å². The zero-order valence-electron chi connectivity index (χ0n) is 37.9. The second-order valence-electron chi connectivity index (χ2n) is 15.8. The van der Waals surface area contributed by atoms with E-state index in [4.69, 9.17) is 19.9 Å². The first-order valence-electron chi connectivity index (χ1n) is 21.4. The predicted octanol–water partition coefficient (Wildman–Crippen LogP) is 14.4. The molecule has 0 aliphatic carbocycles. The molecule has 9 rings (SSSR count). The minimum Gasteiger partial charge on any atom is -0.501 e. The monoisotopic (exact) mass is 940 g/mol. The van der Waals surface area contributed by atoms with Crippen LogP contribution in [0.5, 0.6) is 0 Å². The van der Waals surface area contributed by atoms with Crippen molar-refractivity contribution >= 4 is 33.0 Å². The van der Waals surface area contributed by atoms with E-state index >= 15 is 0 Å². The Morgan fingerprint density at radius 3 is 2.07 bits per heavy atom. The van der Waals surface area contributed by atoms with E-state index in [1.807, 2.05) is 188 Å². The van der Waals surface area contributed by atoms with Gasteiger partial charge in [-0.15, -0.1) is 54.1 Å². The molecule has 3 aromatic heterocycles. The smallest absolute Gasteiger partial charge is 0.120 e. The van der Waals surface area contributed by atoms with Crippen LogP contribution in [0.2, 0.25) is 0 Å². The van der Waals surface area contributed by atoms with Gasteiger partial charge in [0, 0.05) is 42.9 Å². The number of fused-ring (bicyclic) bond motifs is 4. The number of hydrogen-bond acceptors (Lipinski definition) is 3. The Morgan fingerprint density at radius 1 is 0.707 bits per heavy atom. The van der Waals surface area contributed by atoms with Crippen molar-refractivity contribution in [3.63, 3.8) is 0 Å². The third kappa shape index (κ3) is 8.34. The Morgan fingerprint density at radius 2 is 1.40 bits per heavy atom. The Labute approximate surface area is 362 Å². The maximum Gasteiger partial charge on any atom is 0.120 e. The SMILES string of the molecule is [2H]C(C)(C)c1cccc(C([2H])(C)C)c1-n1c(-c2[c-]cccc2)nc2ccccc21.[2H]C([2H])(c1ccc(-c2ccc(-c3[c-]ccc4c3oc3ccccc34)nc2)cc1)C(C)(C)C.[Ir]. The summed E-state index contributed by atoms with van der Waals surface area (Å²) in [4.78, 5) is 9.61. The van der Waals surface area contributed by atoms with Gasteiger partial charge < -0.3 is 14.0 Å². The molecular weight excluding hydrogens is 887 g/mol. The third-order valence-electron chi connectivity index (χ3n) is 9.94. The van der Waals surface area contributed by atoms with E-state index in [9.17, 15) is 0 Å². The normalized spacial score (nSPS) is 13.2. The second-order valence-corrected chi connectivity index (χ2v) is 15.8. The number of hydrogen-bond donors (Lipinski definition) is 0. The van der Waals surface area contributed by atoms with Gasteiger partial charge in [0.2, 0.25) is 0 Å². The molecule has 293 valence electrons. The van der Waals surface area contributed by atoms with E-state index in [0.717, 1.165) is 83.6 Å². The Kier molecular flexibility index (Phi) is 10.5. The summed E-state index contributed by atoms with van der Waals surface area (Å²) in [6.45, 7) is 13.3. The fourth-order valence-corrected chi connectivity index (χ4v) is 7.33. The average Bonchev–Trinajstić information content (AvgIpc) is 3.82. The van der Waals surface area contributed by atoms with Crippen LogP contribution in [0.1, 0.15) is 82.4 Å². The molecule has 0 N–H and O–H groups in total. The van der Waals surface area contributed by atoms with Crippen LogP contribution < -0.4 is 0 Å². The van der Waals surface area contributed by atoms with Crippen molar-refractivity contribution in [2.75, 3.05) is 0 Å². The molecule has 6 aromatic carbocycles. The van der Waals surface area contributed by atoms with Gasteiger partial charge in [0.05, 0.1) is 22.4 Å². The molecule has 0 atom stereocenters. The maximum absolute atomic E-state index is 8.80. The van der Waals surface area contributed by atoms with Crippen LogP contribution in [-0.4, -0.2) is 14.5 Å². The molecule has 0 amide bonds. The molecule has 0 spiro atoms. The van der Waals surface area contributed by atoms with Gasteiger partial charge in [-0.3, -0.25) is 4.98 Å². The zero-order chi connectivity index (χ0) is 43.3. The van der Waals surface area contributed by atoms with Crippen LogP contribution >= 0.6 is 0 Å². The van der Waals surface area contributed by atoms with Crippen molar-refractivity contribution in [3.8, 4) is 39.5 Å². The van der Waals surface area contributed by atoms with E-state index in [1.165, 1.54) is 0 Å². The Hall–Kier alpha value is -5.61. The van der Waals surface area contributed by atoms with Crippen molar-refractivity contribution in [2.45, 2.75) is 66.6 Å². The number of furan rings is 1.